The van der Waals surface area contributed by atoms with E-state index >= 15 is 0 Å². The summed E-state index contributed by atoms with van der Waals surface area (Å²) in [6, 6.07) is 10.9. The molecule has 0 unspecified atom stereocenters. The molecule has 1 aromatic heterocycles. The van der Waals surface area contributed by atoms with Crippen LogP contribution in [0.25, 0.3) is 16.7 Å². The number of imide groups is 1. The van der Waals surface area contributed by atoms with Crippen LogP contribution >= 0.6 is 0 Å². The quantitative estimate of drug-likeness (QED) is 0.537. The van der Waals surface area contributed by atoms with Gasteiger partial charge in [-0.25, -0.2) is 0 Å². The maximum atomic E-state index is 12.6. The fraction of sp³-hybridized carbons (Fsp3) is 0.227. The molecule has 1 N–H and O–H groups in total. The second kappa shape index (κ2) is 6.91. The van der Waals surface area contributed by atoms with Crippen LogP contribution < -0.4 is 0 Å². The third kappa shape index (κ3) is 2.88. The highest BCUT2D eigenvalue weighted by atomic mass is 16.3. The summed E-state index contributed by atoms with van der Waals surface area (Å²) in [5.74, 6) is -0.807. The zero-order valence-electron chi connectivity index (χ0n) is 16.4. The van der Waals surface area contributed by atoms with E-state index < -0.39 is 0 Å². The number of hydrazone groups is 1. The van der Waals surface area contributed by atoms with E-state index in [4.69, 9.17) is 0 Å². The average Bonchev–Trinajstić information content (AvgIpc) is 3.28. The SMILES string of the molecule is Cc1cc(C=NN2C(=O)C3=C(CCCC3)C2=O)c(O)c(-n2nc3ccccc3n2)c1. The summed E-state index contributed by atoms with van der Waals surface area (Å²) in [7, 11) is 0. The maximum Gasteiger partial charge on any atom is 0.277 e. The number of phenols is 1. The summed E-state index contributed by atoms with van der Waals surface area (Å²) in [5, 5.41) is 24.7. The van der Waals surface area contributed by atoms with Crippen molar-refractivity contribution in [3.05, 3.63) is 58.7 Å². The lowest BCUT2D eigenvalue weighted by Crippen LogP contribution is -2.26. The number of fused-ring (bicyclic) bond motifs is 1. The molecule has 0 fully saturated rings. The van der Waals surface area contributed by atoms with Gasteiger partial charge in [0.05, 0.1) is 6.21 Å². The van der Waals surface area contributed by atoms with E-state index in [1.165, 1.54) is 11.0 Å². The zero-order chi connectivity index (χ0) is 20.8. The Balaban J connectivity index is 1.50. The van der Waals surface area contributed by atoms with Crippen molar-refractivity contribution in [1.82, 2.24) is 20.0 Å². The third-order valence-corrected chi connectivity index (χ3v) is 5.45. The molecule has 8 heteroatoms. The number of amides is 2. The number of hydrogen-bond acceptors (Lipinski definition) is 6. The molecule has 0 atom stereocenters. The molecular formula is C22H19N5O3. The lowest BCUT2D eigenvalue weighted by Gasteiger charge is -2.10. The number of carbonyl (C=O) groups is 2. The third-order valence-electron chi connectivity index (χ3n) is 5.45. The van der Waals surface area contributed by atoms with Gasteiger partial charge in [-0.2, -0.15) is 10.1 Å². The number of aromatic nitrogens is 3. The van der Waals surface area contributed by atoms with Crippen molar-refractivity contribution < 1.29 is 14.7 Å². The van der Waals surface area contributed by atoms with Crippen LogP contribution in [-0.2, 0) is 9.59 Å². The van der Waals surface area contributed by atoms with Crippen molar-refractivity contribution in [2.45, 2.75) is 32.6 Å². The summed E-state index contributed by atoms with van der Waals surface area (Å²) in [6.45, 7) is 1.87. The second-order valence-corrected chi connectivity index (χ2v) is 7.53. The monoisotopic (exact) mass is 401 g/mol. The zero-order valence-corrected chi connectivity index (χ0v) is 16.4. The molecule has 8 nitrogen and oxygen atoms in total. The first-order valence-electron chi connectivity index (χ1n) is 9.84. The highest BCUT2D eigenvalue weighted by Gasteiger charge is 2.38. The number of rotatable bonds is 3. The van der Waals surface area contributed by atoms with Crippen LogP contribution in [0, 0.1) is 6.92 Å². The van der Waals surface area contributed by atoms with E-state index in [1.54, 1.807) is 12.1 Å². The van der Waals surface area contributed by atoms with Crippen molar-refractivity contribution in [2.75, 3.05) is 0 Å². The molecule has 1 aliphatic carbocycles. The first-order chi connectivity index (χ1) is 14.5. The van der Waals surface area contributed by atoms with Crippen molar-refractivity contribution in [3.63, 3.8) is 0 Å². The number of benzene rings is 2. The highest BCUT2D eigenvalue weighted by molar-refractivity contribution is 6.19. The minimum absolute atomic E-state index is 0.0820. The molecule has 0 saturated carbocycles. The number of nitrogens with zero attached hydrogens (tertiary/aromatic N) is 5. The first-order valence-corrected chi connectivity index (χ1v) is 9.84. The molecule has 0 bridgehead atoms. The van der Waals surface area contributed by atoms with Gasteiger partial charge >= 0.3 is 0 Å². The molecule has 1 aliphatic heterocycles. The van der Waals surface area contributed by atoms with E-state index in [2.05, 4.69) is 15.3 Å². The molecular weight excluding hydrogens is 382 g/mol. The fourth-order valence-corrected chi connectivity index (χ4v) is 3.96. The summed E-state index contributed by atoms with van der Waals surface area (Å²) in [6.07, 6.45) is 4.38. The number of hydrogen-bond donors (Lipinski definition) is 1. The van der Waals surface area contributed by atoms with E-state index in [-0.39, 0.29) is 17.6 Å². The van der Waals surface area contributed by atoms with E-state index in [9.17, 15) is 14.7 Å². The van der Waals surface area contributed by atoms with E-state index in [0.717, 1.165) is 23.4 Å². The summed E-state index contributed by atoms with van der Waals surface area (Å²) in [4.78, 5) is 26.5. The van der Waals surface area contributed by atoms with Crippen LogP contribution in [0.4, 0.5) is 0 Å². The summed E-state index contributed by atoms with van der Waals surface area (Å²) >= 11 is 0. The Morgan fingerprint density at radius 3 is 2.20 bits per heavy atom. The van der Waals surface area contributed by atoms with Crippen molar-refractivity contribution >= 4 is 29.1 Å². The average molecular weight is 401 g/mol. The number of phenolic OH excluding ortho intramolecular Hbond substituents is 1. The van der Waals surface area contributed by atoms with Gasteiger partial charge in [-0.1, -0.05) is 12.1 Å². The second-order valence-electron chi connectivity index (χ2n) is 7.53. The molecule has 0 spiro atoms. The minimum atomic E-state index is -0.363. The molecule has 3 aromatic rings. The van der Waals surface area contributed by atoms with Gasteiger partial charge in [-0.15, -0.1) is 15.0 Å². The van der Waals surface area contributed by atoms with Crippen molar-refractivity contribution in [3.8, 4) is 11.4 Å². The molecule has 0 radical (unpaired) electrons. The molecule has 5 rings (SSSR count). The Kier molecular flexibility index (Phi) is 4.20. The lowest BCUT2D eigenvalue weighted by atomic mass is 9.93. The van der Waals surface area contributed by atoms with Gasteiger partial charge in [0.15, 0.2) is 5.75 Å². The van der Waals surface area contributed by atoms with Gasteiger partial charge in [0.2, 0.25) is 0 Å². The van der Waals surface area contributed by atoms with E-state index in [1.807, 2.05) is 31.2 Å². The van der Waals surface area contributed by atoms with Crippen LogP contribution in [0.1, 0.15) is 36.8 Å². The largest absolute Gasteiger partial charge is 0.505 e. The van der Waals surface area contributed by atoms with Gasteiger partial charge in [0.25, 0.3) is 11.8 Å². The Morgan fingerprint density at radius 2 is 1.60 bits per heavy atom. The molecule has 2 aromatic carbocycles. The highest BCUT2D eigenvalue weighted by Crippen LogP contribution is 2.33. The van der Waals surface area contributed by atoms with E-state index in [0.29, 0.717) is 46.3 Å². The number of aromatic hydroxyl groups is 1. The normalized spacial score (nSPS) is 16.9. The van der Waals surface area contributed by atoms with Crippen LogP contribution in [-0.4, -0.2) is 43.1 Å². The Bertz CT molecular complexity index is 1210. The maximum absolute atomic E-state index is 12.6. The molecule has 2 heterocycles. The predicted octanol–water partition coefficient (Wildman–Crippen LogP) is 3.01. The standard InChI is InChI=1S/C22H19N5O3/c1-13-10-14(12-23-26-21(29)15-6-2-3-7-16(15)22(26)30)20(28)19(11-13)27-24-17-8-4-5-9-18(17)25-27/h4-5,8-12,28H,2-3,6-7H2,1H3. The van der Waals surface area contributed by atoms with Crippen LogP contribution in [0.3, 0.4) is 0 Å². The number of carbonyl (C=O) groups excluding carboxylic acids is 2. The Hall–Kier alpha value is -3.81. The van der Waals surface area contributed by atoms with Gasteiger partial charge in [0, 0.05) is 16.7 Å². The van der Waals surface area contributed by atoms with Crippen molar-refractivity contribution in [1.29, 1.82) is 0 Å². The van der Waals surface area contributed by atoms with Gasteiger partial charge < -0.3 is 5.11 Å². The summed E-state index contributed by atoms with van der Waals surface area (Å²) < 4.78 is 0. The van der Waals surface area contributed by atoms with Gasteiger partial charge in [0.1, 0.15) is 16.7 Å². The lowest BCUT2D eigenvalue weighted by molar-refractivity contribution is -0.137. The smallest absolute Gasteiger partial charge is 0.277 e. The molecule has 0 saturated heterocycles. The fourth-order valence-electron chi connectivity index (χ4n) is 3.96. The van der Waals surface area contributed by atoms with Crippen LogP contribution in [0.5, 0.6) is 5.75 Å². The molecule has 30 heavy (non-hydrogen) atoms. The molecule has 2 aliphatic rings. The molecule has 150 valence electrons. The Labute approximate surface area is 172 Å². The topological polar surface area (TPSA) is 101 Å². The van der Waals surface area contributed by atoms with Crippen molar-refractivity contribution in [2.24, 2.45) is 5.10 Å². The summed E-state index contributed by atoms with van der Waals surface area (Å²) in [5.41, 5.74) is 4.18. The van der Waals surface area contributed by atoms with Gasteiger partial charge in [-0.3, -0.25) is 9.59 Å². The molecule has 2 amide bonds. The predicted molar refractivity (Wildman–Crippen MR) is 110 cm³/mol. The van der Waals surface area contributed by atoms with Gasteiger partial charge in [-0.05, 0) is 62.4 Å². The first kappa shape index (κ1) is 18.2. The Morgan fingerprint density at radius 1 is 1.00 bits per heavy atom. The van der Waals surface area contributed by atoms with Crippen LogP contribution in [0.2, 0.25) is 0 Å². The number of aryl methyl sites for hydroxylation is 1. The van der Waals surface area contributed by atoms with Crippen LogP contribution in [0.15, 0.2) is 52.6 Å². The minimum Gasteiger partial charge on any atom is -0.505 e.